The fraction of sp³-hybridized carbons (Fsp3) is 0. The highest BCUT2D eigenvalue weighted by Crippen LogP contribution is 2.43. The summed E-state index contributed by atoms with van der Waals surface area (Å²) in [5.41, 5.74) is 9.13. The quantitative estimate of drug-likeness (QED) is 0.153. The summed E-state index contributed by atoms with van der Waals surface area (Å²) in [5, 5.41) is 12.8. The summed E-state index contributed by atoms with van der Waals surface area (Å²) >= 11 is 0. The molecule has 0 unspecified atom stereocenters. The Hall–Kier alpha value is -8.82. The average Bonchev–Trinajstić information content (AvgIpc) is 3.62. The number of aromatic nitrogens is 3. The van der Waals surface area contributed by atoms with Gasteiger partial charge in [0.1, 0.15) is 5.82 Å². The van der Waals surface area contributed by atoms with Gasteiger partial charge in [0.2, 0.25) is 5.69 Å². The number of anilines is 3. The third-order valence-corrected chi connectivity index (χ3v) is 10.1. The van der Waals surface area contributed by atoms with Gasteiger partial charge in [0.15, 0.2) is 11.4 Å². The molecule has 9 aromatic rings. The summed E-state index contributed by atoms with van der Waals surface area (Å²) in [4.78, 5) is 23.5. The van der Waals surface area contributed by atoms with Crippen molar-refractivity contribution in [2.24, 2.45) is 0 Å². The van der Waals surface area contributed by atoms with Crippen molar-refractivity contribution >= 4 is 55.9 Å². The van der Waals surface area contributed by atoms with Crippen molar-refractivity contribution < 1.29 is 0 Å². The first-order chi connectivity index (χ1) is 28.6. The molecule has 0 fully saturated rings. The minimum Gasteiger partial charge on any atom is -0.319 e. The summed E-state index contributed by atoms with van der Waals surface area (Å²) < 4.78 is 2.05. The topological polar surface area (TPSA) is 70.8 Å². The van der Waals surface area contributed by atoms with Gasteiger partial charge in [0.25, 0.3) is 0 Å². The van der Waals surface area contributed by atoms with Crippen LogP contribution in [0.5, 0.6) is 0 Å². The molecular formula is C50H28N8. The highest BCUT2D eigenvalue weighted by molar-refractivity contribution is 6.11. The maximum atomic E-state index is 10.8. The molecule has 0 aliphatic carbocycles. The molecule has 9 rings (SSSR count). The van der Waals surface area contributed by atoms with E-state index in [0.717, 1.165) is 38.9 Å². The van der Waals surface area contributed by atoms with E-state index in [2.05, 4.69) is 78.6 Å². The molecule has 0 spiro atoms. The summed E-state index contributed by atoms with van der Waals surface area (Å²) in [7, 11) is 0. The van der Waals surface area contributed by atoms with Crippen LogP contribution in [0.15, 0.2) is 170 Å². The molecule has 0 N–H and O–H groups in total. The molecule has 0 atom stereocenters. The number of nitrogens with zero attached hydrogens (tertiary/aromatic N) is 8. The van der Waals surface area contributed by atoms with E-state index in [1.54, 1.807) is 48.5 Å². The predicted molar refractivity (Wildman–Crippen MR) is 231 cm³/mol. The van der Waals surface area contributed by atoms with Crippen LogP contribution in [0.1, 0.15) is 5.56 Å². The molecular weight excluding hydrogens is 713 g/mol. The molecule has 58 heavy (non-hydrogen) atoms. The standard InChI is InChI=1S/C50H28N8/c1-52-42-23-13-10-21-38(42)44-31-45(56-50(55-44)39-22-11-14-24-43(39)53-2)40-30-46(54-3)49(28-33(40)32-51)58-47-25-15-12-20-37(47)41-29-36(26-27-48(41)58)57(34-16-6-4-7-17-34)35-18-8-5-9-19-35/h4-31H. The van der Waals surface area contributed by atoms with E-state index in [-0.39, 0.29) is 5.82 Å². The normalized spacial score (nSPS) is 10.7. The molecule has 0 aliphatic rings. The molecule has 0 saturated carbocycles. The van der Waals surface area contributed by atoms with Gasteiger partial charge in [-0.2, -0.15) is 5.26 Å². The highest BCUT2D eigenvalue weighted by atomic mass is 15.1. The summed E-state index contributed by atoms with van der Waals surface area (Å²) in [5.74, 6) is 0.273. The molecule has 0 bridgehead atoms. The lowest BCUT2D eigenvalue weighted by atomic mass is 10.00. The van der Waals surface area contributed by atoms with Crippen LogP contribution in [-0.4, -0.2) is 14.5 Å². The molecule has 2 aromatic heterocycles. The summed E-state index contributed by atoms with van der Waals surface area (Å²) in [6, 6.07) is 56.7. The zero-order chi connectivity index (χ0) is 39.6. The number of hydrogen-bond acceptors (Lipinski definition) is 4. The number of benzene rings is 7. The van der Waals surface area contributed by atoms with Gasteiger partial charge in [0.05, 0.1) is 59.5 Å². The number of para-hydroxylation sites is 5. The van der Waals surface area contributed by atoms with Crippen molar-refractivity contribution in [2.75, 3.05) is 4.90 Å². The van der Waals surface area contributed by atoms with Gasteiger partial charge < -0.3 is 9.47 Å². The Balaban J connectivity index is 1.26. The molecule has 268 valence electrons. The van der Waals surface area contributed by atoms with Crippen LogP contribution in [0.3, 0.4) is 0 Å². The first-order valence-electron chi connectivity index (χ1n) is 18.3. The van der Waals surface area contributed by atoms with Crippen molar-refractivity contribution in [2.45, 2.75) is 0 Å². The molecule has 0 aliphatic heterocycles. The van der Waals surface area contributed by atoms with Crippen molar-refractivity contribution in [3.63, 3.8) is 0 Å². The second kappa shape index (κ2) is 14.8. The molecule has 8 nitrogen and oxygen atoms in total. The van der Waals surface area contributed by atoms with Gasteiger partial charge in [0, 0.05) is 44.5 Å². The van der Waals surface area contributed by atoms with Crippen LogP contribution in [0.25, 0.3) is 75.9 Å². The van der Waals surface area contributed by atoms with Gasteiger partial charge in [-0.25, -0.2) is 24.5 Å². The Bertz CT molecular complexity index is 3110. The van der Waals surface area contributed by atoms with Gasteiger partial charge in [-0.05, 0) is 66.7 Å². The fourth-order valence-electron chi connectivity index (χ4n) is 7.50. The third-order valence-electron chi connectivity index (χ3n) is 10.1. The molecule has 0 amide bonds. The van der Waals surface area contributed by atoms with Gasteiger partial charge in [-0.15, -0.1) is 0 Å². The van der Waals surface area contributed by atoms with Gasteiger partial charge >= 0.3 is 0 Å². The van der Waals surface area contributed by atoms with E-state index >= 15 is 0 Å². The number of rotatable bonds is 7. The van der Waals surface area contributed by atoms with Crippen molar-refractivity contribution in [3.8, 4) is 45.7 Å². The summed E-state index contributed by atoms with van der Waals surface area (Å²) in [6.45, 7) is 24.1. The Morgan fingerprint density at radius 3 is 1.69 bits per heavy atom. The van der Waals surface area contributed by atoms with E-state index < -0.39 is 0 Å². The first kappa shape index (κ1) is 34.9. The van der Waals surface area contributed by atoms with Crippen LogP contribution >= 0.6 is 0 Å². The Morgan fingerprint density at radius 1 is 0.483 bits per heavy atom. The third kappa shape index (κ3) is 6.03. The number of hydrogen-bond donors (Lipinski definition) is 0. The minimum atomic E-state index is 0.273. The first-order valence-corrected chi connectivity index (χ1v) is 18.3. The maximum absolute atomic E-state index is 10.8. The molecule has 0 saturated heterocycles. The second-order valence-electron chi connectivity index (χ2n) is 13.4. The molecule has 8 heteroatoms. The number of fused-ring (bicyclic) bond motifs is 3. The zero-order valence-electron chi connectivity index (χ0n) is 30.7. The van der Waals surface area contributed by atoms with Gasteiger partial charge in [-0.1, -0.05) is 103 Å². The molecule has 7 aromatic carbocycles. The van der Waals surface area contributed by atoms with Gasteiger partial charge in [-0.3, -0.25) is 0 Å². The summed E-state index contributed by atoms with van der Waals surface area (Å²) in [6.07, 6.45) is 0. The lowest BCUT2D eigenvalue weighted by Crippen LogP contribution is -2.09. The monoisotopic (exact) mass is 740 g/mol. The van der Waals surface area contributed by atoms with Crippen molar-refractivity contribution in [1.82, 2.24) is 14.5 Å². The van der Waals surface area contributed by atoms with Crippen LogP contribution in [-0.2, 0) is 0 Å². The fourth-order valence-corrected chi connectivity index (χ4v) is 7.50. The Morgan fingerprint density at radius 2 is 1.03 bits per heavy atom. The Labute approximate surface area is 334 Å². The smallest absolute Gasteiger partial charge is 0.211 e. The van der Waals surface area contributed by atoms with E-state index in [9.17, 15) is 5.26 Å². The highest BCUT2D eigenvalue weighted by Gasteiger charge is 2.22. The van der Waals surface area contributed by atoms with Crippen LogP contribution in [0.4, 0.5) is 34.1 Å². The van der Waals surface area contributed by atoms with E-state index in [0.29, 0.717) is 56.4 Å². The number of nitriles is 1. The average molecular weight is 741 g/mol. The van der Waals surface area contributed by atoms with Crippen molar-refractivity contribution in [1.29, 1.82) is 5.26 Å². The van der Waals surface area contributed by atoms with Crippen molar-refractivity contribution in [3.05, 3.63) is 210 Å². The zero-order valence-corrected chi connectivity index (χ0v) is 30.7. The second-order valence-corrected chi connectivity index (χ2v) is 13.4. The predicted octanol–water partition coefficient (Wildman–Crippen LogP) is 13.6. The SMILES string of the molecule is [C-]#[N+]c1ccccc1-c1cc(-c2cc([N+]#[C-])c(-n3c4ccccc4c4cc(N(c5ccccc5)c5ccccc5)ccc43)cc2C#N)nc(-c2ccccc2[N+]#[C-])n1. The molecule has 0 radical (unpaired) electrons. The Kier molecular flexibility index (Phi) is 8.90. The van der Waals surface area contributed by atoms with Crippen LogP contribution in [0, 0.1) is 31.0 Å². The van der Waals surface area contributed by atoms with Crippen LogP contribution < -0.4 is 4.90 Å². The van der Waals surface area contributed by atoms with Crippen LogP contribution in [0.2, 0.25) is 0 Å². The molecule has 2 heterocycles. The van der Waals surface area contributed by atoms with E-state index in [1.807, 2.05) is 72.8 Å². The lowest BCUT2D eigenvalue weighted by molar-refractivity contribution is 1.17. The lowest BCUT2D eigenvalue weighted by Gasteiger charge is -2.25. The van der Waals surface area contributed by atoms with E-state index in [4.69, 9.17) is 29.7 Å². The van der Waals surface area contributed by atoms with E-state index in [1.165, 1.54) is 0 Å². The largest absolute Gasteiger partial charge is 0.319 e. The maximum Gasteiger partial charge on any atom is 0.211 e. The minimum absolute atomic E-state index is 0.273.